The molecule has 1 aromatic carbocycles. The molecular formula is C24H32O. The molecule has 0 saturated heterocycles. The number of benzene rings is 1. The number of hydrogen-bond acceptors (Lipinski definition) is 1. The Labute approximate surface area is 153 Å². The Bertz CT molecular complexity index is 696. The second-order valence-electron chi connectivity index (χ2n) is 8.54. The lowest BCUT2D eigenvalue weighted by molar-refractivity contribution is -0.0674. The molecule has 1 fully saturated rings. The minimum Gasteiger partial charge on any atom is -0.490 e. The molecule has 0 aromatic heterocycles. The minimum atomic E-state index is 0.407. The van der Waals surface area contributed by atoms with Gasteiger partial charge in [0.1, 0.15) is 11.9 Å². The van der Waals surface area contributed by atoms with Crippen molar-refractivity contribution >= 4 is 5.76 Å². The van der Waals surface area contributed by atoms with Crippen LogP contribution in [0.25, 0.3) is 5.76 Å². The summed E-state index contributed by atoms with van der Waals surface area (Å²) in [5.41, 5.74) is 6.51. The normalized spacial score (nSPS) is 31.2. The SMILES string of the molecule is CCCCC[C@@H]1OC(c2ccccc2)=C2CC(C)=C(C)C[C@]23CC[C@H]13. The van der Waals surface area contributed by atoms with Crippen molar-refractivity contribution in [2.45, 2.75) is 78.2 Å². The predicted octanol–water partition coefficient (Wildman–Crippen LogP) is 6.90. The number of allylic oxidation sites excluding steroid dienone is 3. The van der Waals surface area contributed by atoms with Crippen LogP contribution in [0.5, 0.6) is 0 Å². The van der Waals surface area contributed by atoms with Crippen LogP contribution in [0.2, 0.25) is 0 Å². The molecule has 3 atom stereocenters. The molecule has 0 amide bonds. The summed E-state index contributed by atoms with van der Waals surface area (Å²) >= 11 is 0. The summed E-state index contributed by atoms with van der Waals surface area (Å²) in [5.74, 6) is 1.97. The van der Waals surface area contributed by atoms with Gasteiger partial charge in [-0.1, -0.05) is 61.2 Å². The predicted molar refractivity (Wildman–Crippen MR) is 105 cm³/mol. The standard InChI is InChI=1S/C24H32O/c1-4-5-7-12-22-20-13-14-24(20)16-18(3)17(2)15-21(24)23(25-22)19-10-8-6-9-11-19/h6,8-11,20,22H,4-5,7,12-16H2,1-3H3/t20-,22+,24+/m1/s1. The fourth-order valence-corrected chi connectivity index (χ4v) is 5.42. The van der Waals surface area contributed by atoms with Gasteiger partial charge in [0.2, 0.25) is 0 Å². The molecule has 1 nitrogen and oxygen atoms in total. The summed E-state index contributed by atoms with van der Waals surface area (Å²) in [7, 11) is 0. The largest absolute Gasteiger partial charge is 0.490 e. The van der Waals surface area contributed by atoms with Crippen LogP contribution in [0.15, 0.2) is 47.1 Å². The quantitative estimate of drug-likeness (QED) is 0.419. The summed E-state index contributed by atoms with van der Waals surface area (Å²) in [6.45, 7) is 6.97. The number of hydrogen-bond donors (Lipinski definition) is 0. The summed E-state index contributed by atoms with van der Waals surface area (Å²) in [6, 6.07) is 10.9. The van der Waals surface area contributed by atoms with Crippen LogP contribution < -0.4 is 0 Å². The molecule has 4 rings (SSSR count). The monoisotopic (exact) mass is 336 g/mol. The first kappa shape index (κ1) is 16.9. The highest BCUT2D eigenvalue weighted by Crippen LogP contribution is 2.65. The fraction of sp³-hybridized carbons (Fsp3) is 0.583. The first-order valence-electron chi connectivity index (χ1n) is 10.3. The Morgan fingerprint density at radius 1 is 1.08 bits per heavy atom. The Morgan fingerprint density at radius 2 is 1.88 bits per heavy atom. The van der Waals surface area contributed by atoms with Crippen LogP contribution in [0.1, 0.15) is 77.7 Å². The molecule has 0 radical (unpaired) electrons. The third-order valence-electron chi connectivity index (χ3n) is 7.08. The van der Waals surface area contributed by atoms with E-state index in [4.69, 9.17) is 4.74 Å². The van der Waals surface area contributed by atoms with E-state index in [0.29, 0.717) is 11.5 Å². The second-order valence-corrected chi connectivity index (χ2v) is 8.54. The van der Waals surface area contributed by atoms with Gasteiger partial charge in [-0.15, -0.1) is 0 Å². The third-order valence-corrected chi connectivity index (χ3v) is 7.08. The number of rotatable bonds is 5. The van der Waals surface area contributed by atoms with Crippen LogP contribution >= 0.6 is 0 Å². The summed E-state index contributed by atoms with van der Waals surface area (Å²) < 4.78 is 6.76. The molecule has 1 heterocycles. The molecule has 2 aliphatic carbocycles. The van der Waals surface area contributed by atoms with E-state index >= 15 is 0 Å². The Balaban J connectivity index is 1.75. The number of unbranched alkanes of at least 4 members (excludes halogenated alkanes) is 2. The average Bonchev–Trinajstić information content (AvgIpc) is 2.60. The van der Waals surface area contributed by atoms with Crippen molar-refractivity contribution in [2.24, 2.45) is 11.3 Å². The van der Waals surface area contributed by atoms with Crippen molar-refractivity contribution < 1.29 is 4.74 Å². The molecule has 0 unspecified atom stereocenters. The average molecular weight is 337 g/mol. The van der Waals surface area contributed by atoms with Gasteiger partial charge in [-0.05, 0) is 57.9 Å². The van der Waals surface area contributed by atoms with Gasteiger partial charge in [-0.25, -0.2) is 0 Å². The van der Waals surface area contributed by atoms with E-state index in [1.54, 1.807) is 16.7 Å². The molecule has 1 aliphatic heterocycles. The Morgan fingerprint density at radius 3 is 2.56 bits per heavy atom. The van der Waals surface area contributed by atoms with Gasteiger partial charge in [0.15, 0.2) is 0 Å². The Hall–Kier alpha value is -1.50. The Kier molecular flexibility index (Phi) is 4.52. The van der Waals surface area contributed by atoms with E-state index in [2.05, 4.69) is 51.1 Å². The van der Waals surface area contributed by atoms with E-state index in [1.165, 1.54) is 56.3 Å². The van der Waals surface area contributed by atoms with E-state index in [0.717, 1.165) is 12.3 Å². The van der Waals surface area contributed by atoms with Gasteiger partial charge in [0, 0.05) is 16.9 Å². The molecule has 3 aliphatic rings. The van der Waals surface area contributed by atoms with Gasteiger partial charge in [0.25, 0.3) is 0 Å². The maximum atomic E-state index is 6.76. The maximum Gasteiger partial charge on any atom is 0.127 e. The van der Waals surface area contributed by atoms with Crippen molar-refractivity contribution in [2.75, 3.05) is 0 Å². The summed E-state index contributed by atoms with van der Waals surface area (Å²) in [4.78, 5) is 0. The van der Waals surface area contributed by atoms with Crippen LogP contribution in [0, 0.1) is 11.3 Å². The highest BCUT2D eigenvalue weighted by atomic mass is 16.5. The van der Waals surface area contributed by atoms with Crippen LogP contribution in [-0.2, 0) is 4.74 Å². The fourth-order valence-electron chi connectivity index (χ4n) is 5.42. The van der Waals surface area contributed by atoms with Crippen molar-refractivity contribution in [1.82, 2.24) is 0 Å². The molecule has 1 aromatic rings. The van der Waals surface area contributed by atoms with Crippen molar-refractivity contribution in [1.29, 1.82) is 0 Å². The smallest absolute Gasteiger partial charge is 0.127 e. The lowest BCUT2D eigenvalue weighted by Crippen LogP contribution is -2.53. The minimum absolute atomic E-state index is 0.407. The highest BCUT2D eigenvalue weighted by molar-refractivity contribution is 5.68. The van der Waals surface area contributed by atoms with Crippen LogP contribution in [-0.4, -0.2) is 6.10 Å². The first-order chi connectivity index (χ1) is 12.2. The lowest BCUT2D eigenvalue weighted by atomic mass is 9.48. The zero-order valence-corrected chi connectivity index (χ0v) is 16.1. The molecule has 134 valence electrons. The van der Waals surface area contributed by atoms with Gasteiger partial charge in [0.05, 0.1) is 0 Å². The zero-order chi connectivity index (χ0) is 17.4. The van der Waals surface area contributed by atoms with E-state index < -0.39 is 0 Å². The molecule has 1 saturated carbocycles. The van der Waals surface area contributed by atoms with E-state index in [9.17, 15) is 0 Å². The van der Waals surface area contributed by atoms with E-state index in [1.807, 2.05) is 0 Å². The molecule has 25 heavy (non-hydrogen) atoms. The van der Waals surface area contributed by atoms with Gasteiger partial charge < -0.3 is 4.74 Å². The molecule has 1 spiro atoms. The topological polar surface area (TPSA) is 9.23 Å². The number of ether oxygens (including phenoxy) is 1. The lowest BCUT2D eigenvalue weighted by Gasteiger charge is -2.59. The van der Waals surface area contributed by atoms with E-state index in [-0.39, 0.29) is 0 Å². The third kappa shape index (κ3) is 2.76. The molecule has 1 heteroatoms. The van der Waals surface area contributed by atoms with Crippen LogP contribution in [0.3, 0.4) is 0 Å². The summed E-state index contributed by atoms with van der Waals surface area (Å²) in [6.07, 6.45) is 10.7. The second kappa shape index (κ2) is 6.67. The molecular weight excluding hydrogens is 304 g/mol. The van der Waals surface area contributed by atoms with Crippen LogP contribution in [0.4, 0.5) is 0 Å². The van der Waals surface area contributed by atoms with Crippen molar-refractivity contribution in [3.05, 3.63) is 52.6 Å². The van der Waals surface area contributed by atoms with Crippen molar-refractivity contribution in [3.8, 4) is 0 Å². The summed E-state index contributed by atoms with van der Waals surface area (Å²) in [5, 5.41) is 0. The molecule has 0 bridgehead atoms. The van der Waals surface area contributed by atoms with Gasteiger partial charge in [-0.2, -0.15) is 0 Å². The van der Waals surface area contributed by atoms with Gasteiger partial charge >= 0.3 is 0 Å². The molecule has 0 N–H and O–H groups in total. The first-order valence-corrected chi connectivity index (χ1v) is 10.3. The van der Waals surface area contributed by atoms with Gasteiger partial charge in [-0.3, -0.25) is 0 Å². The maximum absolute atomic E-state index is 6.76. The van der Waals surface area contributed by atoms with Crippen molar-refractivity contribution in [3.63, 3.8) is 0 Å². The highest BCUT2D eigenvalue weighted by Gasteiger charge is 2.57. The zero-order valence-electron chi connectivity index (χ0n) is 16.1.